The molecule has 1 aromatic carbocycles. The molecule has 0 saturated heterocycles. The van der Waals surface area contributed by atoms with Crippen LogP contribution in [0.15, 0.2) is 55.3 Å². The molecule has 0 spiro atoms. The van der Waals surface area contributed by atoms with Gasteiger partial charge in [0.2, 0.25) is 0 Å². The number of ether oxygens (including phenoxy) is 2. The van der Waals surface area contributed by atoms with Gasteiger partial charge in [-0.15, -0.1) is 0 Å². The van der Waals surface area contributed by atoms with Crippen LogP contribution in [0.25, 0.3) is 0 Å². The van der Waals surface area contributed by atoms with E-state index in [2.05, 4.69) is 11.3 Å². The second-order valence-electron chi connectivity index (χ2n) is 2.67. The molecule has 0 fully saturated rings. The average Bonchev–Trinajstić information content (AvgIpc) is 2.65. The summed E-state index contributed by atoms with van der Waals surface area (Å²) in [5.74, 6) is -0.331. The Morgan fingerprint density at radius 1 is 1.06 bits per heavy atom. The minimum absolute atomic E-state index is 0.579. The Labute approximate surface area is 92.8 Å². The summed E-state index contributed by atoms with van der Waals surface area (Å²) in [6.07, 6.45) is 3.58. The third-order valence-corrected chi connectivity index (χ3v) is 1.52. The number of esters is 2. The number of benzene rings is 1. The monoisotopic (exact) mass is 218 g/mol. The lowest BCUT2D eigenvalue weighted by molar-refractivity contribution is -0.150. The molecule has 1 aliphatic heterocycles. The fraction of sp³-hybridized carbons (Fsp3) is 0. The van der Waals surface area contributed by atoms with Crippen molar-refractivity contribution in [2.45, 2.75) is 0 Å². The molecule has 1 aromatic rings. The number of rotatable bonds is 2. The molecule has 1 heterocycles. The van der Waals surface area contributed by atoms with Crippen LogP contribution in [0.1, 0.15) is 0 Å². The largest absolute Gasteiger partial charge is 0.466 e. The molecule has 16 heavy (non-hydrogen) atoms. The summed E-state index contributed by atoms with van der Waals surface area (Å²) in [5, 5.41) is 0. The first kappa shape index (κ1) is 11.7. The van der Waals surface area contributed by atoms with Gasteiger partial charge in [0.05, 0.1) is 6.26 Å². The van der Waals surface area contributed by atoms with Crippen LogP contribution in [0.2, 0.25) is 0 Å². The molecule has 0 atom stereocenters. The highest BCUT2D eigenvalue weighted by molar-refractivity contribution is 6.04. The van der Waals surface area contributed by atoms with Crippen molar-refractivity contribution in [1.82, 2.24) is 0 Å². The SMILES string of the molecule is C=COc1ccccc1.O=C1C=CC(=O)O1. The zero-order valence-electron chi connectivity index (χ0n) is 8.46. The molecular formula is C12H10O4. The van der Waals surface area contributed by atoms with E-state index in [4.69, 9.17) is 4.74 Å². The van der Waals surface area contributed by atoms with Gasteiger partial charge in [0.15, 0.2) is 0 Å². The molecule has 2 rings (SSSR count). The zero-order valence-corrected chi connectivity index (χ0v) is 8.46. The normalized spacial score (nSPS) is 12.5. The average molecular weight is 218 g/mol. The van der Waals surface area contributed by atoms with E-state index in [9.17, 15) is 9.59 Å². The second-order valence-corrected chi connectivity index (χ2v) is 2.67. The summed E-state index contributed by atoms with van der Waals surface area (Å²) in [6.45, 7) is 3.43. The summed E-state index contributed by atoms with van der Waals surface area (Å²) in [6, 6.07) is 9.52. The van der Waals surface area contributed by atoms with Gasteiger partial charge >= 0.3 is 11.9 Å². The Kier molecular flexibility index (Phi) is 4.53. The molecule has 0 aliphatic carbocycles. The van der Waals surface area contributed by atoms with Crippen LogP contribution in [-0.2, 0) is 14.3 Å². The van der Waals surface area contributed by atoms with Crippen molar-refractivity contribution in [3.63, 3.8) is 0 Å². The summed E-state index contributed by atoms with van der Waals surface area (Å²) in [5.41, 5.74) is 0. The first-order valence-corrected chi connectivity index (χ1v) is 4.49. The van der Waals surface area contributed by atoms with Gasteiger partial charge in [-0.25, -0.2) is 9.59 Å². The number of hydrogen-bond donors (Lipinski definition) is 0. The maximum absolute atomic E-state index is 9.92. The number of carbonyl (C=O) groups excluding carboxylic acids is 2. The van der Waals surface area contributed by atoms with Gasteiger partial charge in [-0.2, -0.15) is 0 Å². The van der Waals surface area contributed by atoms with Crippen molar-refractivity contribution in [2.24, 2.45) is 0 Å². The van der Waals surface area contributed by atoms with Crippen LogP contribution in [0.5, 0.6) is 5.75 Å². The van der Waals surface area contributed by atoms with E-state index in [1.807, 2.05) is 30.3 Å². The van der Waals surface area contributed by atoms with Crippen LogP contribution < -0.4 is 4.74 Å². The summed E-state index contributed by atoms with van der Waals surface area (Å²) in [4.78, 5) is 19.8. The predicted molar refractivity (Wildman–Crippen MR) is 57.5 cm³/mol. The fourth-order valence-electron chi connectivity index (χ4n) is 0.899. The third kappa shape index (κ3) is 4.23. The van der Waals surface area contributed by atoms with Gasteiger partial charge < -0.3 is 9.47 Å². The molecule has 0 aromatic heterocycles. The van der Waals surface area contributed by atoms with Crippen molar-refractivity contribution in [3.8, 4) is 5.75 Å². The van der Waals surface area contributed by atoms with Gasteiger partial charge in [-0.3, -0.25) is 0 Å². The minimum Gasteiger partial charge on any atom is -0.466 e. The van der Waals surface area contributed by atoms with Crippen LogP contribution in [0, 0.1) is 0 Å². The second kappa shape index (κ2) is 6.19. The highest BCUT2D eigenvalue weighted by atomic mass is 16.6. The molecule has 82 valence electrons. The van der Waals surface area contributed by atoms with E-state index in [1.54, 1.807) is 0 Å². The summed E-state index contributed by atoms with van der Waals surface area (Å²) in [7, 11) is 0. The summed E-state index contributed by atoms with van der Waals surface area (Å²) < 4.78 is 8.94. The van der Waals surface area contributed by atoms with Gasteiger partial charge in [0, 0.05) is 12.2 Å². The Morgan fingerprint density at radius 3 is 2.00 bits per heavy atom. The topological polar surface area (TPSA) is 52.6 Å². The lowest BCUT2D eigenvalue weighted by Gasteiger charge is -1.95. The van der Waals surface area contributed by atoms with Gasteiger partial charge in [0.25, 0.3) is 0 Å². The Bertz CT molecular complexity index is 390. The molecule has 0 bridgehead atoms. The van der Waals surface area contributed by atoms with Crippen molar-refractivity contribution < 1.29 is 19.1 Å². The highest BCUT2D eigenvalue weighted by Gasteiger charge is 2.10. The lowest BCUT2D eigenvalue weighted by atomic mass is 10.3. The van der Waals surface area contributed by atoms with Crippen molar-refractivity contribution >= 4 is 11.9 Å². The van der Waals surface area contributed by atoms with Crippen LogP contribution in [0.4, 0.5) is 0 Å². The first-order valence-electron chi connectivity index (χ1n) is 4.49. The minimum atomic E-state index is -0.579. The van der Waals surface area contributed by atoms with Crippen molar-refractivity contribution in [3.05, 3.63) is 55.3 Å². The van der Waals surface area contributed by atoms with E-state index in [0.29, 0.717) is 0 Å². The lowest BCUT2D eigenvalue weighted by Crippen LogP contribution is -1.96. The maximum atomic E-state index is 9.92. The van der Waals surface area contributed by atoms with Gasteiger partial charge in [-0.05, 0) is 12.1 Å². The molecule has 0 N–H and O–H groups in total. The third-order valence-electron chi connectivity index (χ3n) is 1.52. The molecular weight excluding hydrogens is 208 g/mol. The van der Waals surface area contributed by atoms with E-state index in [-0.39, 0.29) is 0 Å². The number of carbonyl (C=O) groups is 2. The predicted octanol–water partition coefficient (Wildman–Crippen LogP) is 1.83. The van der Waals surface area contributed by atoms with E-state index in [0.717, 1.165) is 17.9 Å². The quantitative estimate of drug-likeness (QED) is 0.431. The van der Waals surface area contributed by atoms with Crippen molar-refractivity contribution in [1.29, 1.82) is 0 Å². The standard InChI is InChI=1S/C8H8O.C4H2O3/c1-2-9-8-6-4-3-5-7-8;5-3-1-2-4(6)7-3/h2-7H,1H2;1-2H. The zero-order chi connectivity index (χ0) is 11.8. The maximum Gasteiger partial charge on any atom is 0.338 e. The Balaban J connectivity index is 0.000000165. The fourth-order valence-corrected chi connectivity index (χ4v) is 0.899. The van der Waals surface area contributed by atoms with Crippen LogP contribution in [0.3, 0.4) is 0 Å². The molecule has 1 aliphatic rings. The van der Waals surface area contributed by atoms with Crippen LogP contribution in [-0.4, -0.2) is 11.9 Å². The molecule has 0 unspecified atom stereocenters. The molecule has 4 heteroatoms. The van der Waals surface area contributed by atoms with Gasteiger partial charge in [-0.1, -0.05) is 24.8 Å². The smallest absolute Gasteiger partial charge is 0.338 e. The van der Waals surface area contributed by atoms with E-state index in [1.165, 1.54) is 6.26 Å². The van der Waals surface area contributed by atoms with Crippen molar-refractivity contribution in [2.75, 3.05) is 0 Å². The first-order chi connectivity index (χ1) is 7.72. The highest BCUT2D eigenvalue weighted by Crippen LogP contribution is 2.07. The molecule has 0 amide bonds. The van der Waals surface area contributed by atoms with E-state index >= 15 is 0 Å². The Morgan fingerprint density at radius 2 is 1.62 bits per heavy atom. The number of cyclic esters (lactones) is 2. The van der Waals surface area contributed by atoms with Gasteiger partial charge in [0.1, 0.15) is 5.75 Å². The number of para-hydroxylation sites is 1. The van der Waals surface area contributed by atoms with E-state index < -0.39 is 11.9 Å². The Hall–Kier alpha value is -2.36. The molecule has 4 nitrogen and oxygen atoms in total. The number of hydrogen-bond acceptors (Lipinski definition) is 4. The van der Waals surface area contributed by atoms with Crippen LogP contribution >= 0.6 is 0 Å². The molecule has 0 saturated carbocycles. The summed E-state index contributed by atoms with van der Waals surface area (Å²) >= 11 is 0. The molecule has 0 radical (unpaired) electrons.